The van der Waals surface area contributed by atoms with Gasteiger partial charge in [0, 0.05) is 5.88 Å². The van der Waals surface area contributed by atoms with Crippen molar-refractivity contribution in [2.45, 2.75) is 32.6 Å². The molecule has 2 rings (SSSR count). The van der Waals surface area contributed by atoms with Crippen LogP contribution in [-0.4, -0.2) is 5.88 Å². The molecule has 0 nitrogen and oxygen atoms in total. The second-order valence-electron chi connectivity index (χ2n) is 5.30. The molecule has 0 aliphatic rings. The largest absolute Gasteiger partial charge is 0.127 e. The van der Waals surface area contributed by atoms with E-state index in [2.05, 4.69) is 57.2 Å². The Bertz CT molecular complexity index is 526. The van der Waals surface area contributed by atoms with Gasteiger partial charge in [0.1, 0.15) is 0 Å². The van der Waals surface area contributed by atoms with Crippen molar-refractivity contribution in [2.75, 3.05) is 5.88 Å². The molecule has 0 fully saturated rings. The molecule has 0 bridgehead atoms. The summed E-state index contributed by atoms with van der Waals surface area (Å²) in [6, 6.07) is 13.0. The van der Waals surface area contributed by atoms with E-state index in [1.165, 1.54) is 21.9 Å². The number of benzene rings is 2. The maximum absolute atomic E-state index is 5.94. The van der Waals surface area contributed by atoms with Crippen molar-refractivity contribution in [1.29, 1.82) is 0 Å². The Morgan fingerprint density at radius 2 is 1.76 bits per heavy atom. The molecular weight excluding hydrogens is 228 g/mol. The third-order valence-corrected chi connectivity index (χ3v) is 3.72. The smallest absolute Gasteiger partial charge is 0.0231 e. The van der Waals surface area contributed by atoms with Gasteiger partial charge in [-0.05, 0) is 40.7 Å². The highest BCUT2D eigenvalue weighted by atomic mass is 35.5. The number of rotatable bonds is 3. The number of hydrogen-bond acceptors (Lipinski definition) is 0. The normalized spacial score (nSPS) is 12.0. The highest BCUT2D eigenvalue weighted by Crippen LogP contribution is 2.35. The van der Waals surface area contributed by atoms with E-state index in [4.69, 9.17) is 11.6 Å². The van der Waals surface area contributed by atoms with Crippen LogP contribution in [0.4, 0.5) is 0 Å². The molecule has 2 aromatic carbocycles. The van der Waals surface area contributed by atoms with Gasteiger partial charge in [-0.3, -0.25) is 0 Å². The summed E-state index contributed by atoms with van der Waals surface area (Å²) in [7, 11) is 0. The lowest BCUT2D eigenvalue weighted by atomic mass is 9.77. The minimum Gasteiger partial charge on any atom is -0.127 e. The highest BCUT2D eigenvalue weighted by Gasteiger charge is 2.23. The van der Waals surface area contributed by atoms with Gasteiger partial charge in [-0.1, -0.05) is 50.2 Å². The van der Waals surface area contributed by atoms with Gasteiger partial charge >= 0.3 is 0 Å². The van der Waals surface area contributed by atoms with E-state index in [9.17, 15) is 0 Å². The minimum absolute atomic E-state index is 0.132. The van der Waals surface area contributed by atoms with E-state index in [1.54, 1.807) is 0 Å². The first-order valence-electron chi connectivity index (χ1n) is 6.11. The van der Waals surface area contributed by atoms with Crippen LogP contribution >= 0.6 is 11.6 Å². The van der Waals surface area contributed by atoms with E-state index >= 15 is 0 Å². The molecular formula is C16H19Cl. The summed E-state index contributed by atoms with van der Waals surface area (Å²) < 4.78 is 0. The molecule has 0 aliphatic carbocycles. The van der Waals surface area contributed by atoms with Crippen molar-refractivity contribution < 1.29 is 0 Å². The summed E-state index contributed by atoms with van der Waals surface area (Å²) in [4.78, 5) is 0. The minimum atomic E-state index is 0.132. The predicted octanol–water partition coefficient (Wildman–Crippen LogP) is 5.05. The average Bonchev–Trinajstić information content (AvgIpc) is 2.28. The summed E-state index contributed by atoms with van der Waals surface area (Å²) in [6.07, 6.45) is 1.00. The zero-order chi connectivity index (χ0) is 12.5. The number of fused-ring (bicyclic) bond motifs is 1. The first kappa shape index (κ1) is 12.4. The average molecular weight is 247 g/mol. The Kier molecular flexibility index (Phi) is 3.44. The van der Waals surface area contributed by atoms with Gasteiger partial charge in [-0.25, -0.2) is 0 Å². The monoisotopic (exact) mass is 246 g/mol. The Hall–Kier alpha value is -1.01. The fraction of sp³-hybridized carbons (Fsp3) is 0.375. The fourth-order valence-corrected chi connectivity index (χ4v) is 3.11. The Morgan fingerprint density at radius 3 is 2.47 bits per heavy atom. The van der Waals surface area contributed by atoms with Crippen LogP contribution in [0.15, 0.2) is 36.4 Å². The van der Waals surface area contributed by atoms with Gasteiger partial charge < -0.3 is 0 Å². The van der Waals surface area contributed by atoms with E-state index in [0.29, 0.717) is 5.88 Å². The third kappa shape index (κ3) is 2.32. The number of alkyl halides is 1. The van der Waals surface area contributed by atoms with E-state index < -0.39 is 0 Å². The molecule has 90 valence electrons. The van der Waals surface area contributed by atoms with Crippen LogP contribution in [0, 0.1) is 6.92 Å². The molecule has 0 amide bonds. The van der Waals surface area contributed by atoms with Gasteiger partial charge in [-0.15, -0.1) is 11.6 Å². The maximum atomic E-state index is 5.94. The predicted molar refractivity (Wildman–Crippen MR) is 77.0 cm³/mol. The highest BCUT2D eigenvalue weighted by molar-refractivity contribution is 6.17. The number of halogens is 1. The van der Waals surface area contributed by atoms with E-state index in [-0.39, 0.29) is 5.41 Å². The van der Waals surface area contributed by atoms with Crippen LogP contribution in [0.25, 0.3) is 10.8 Å². The molecule has 0 heterocycles. The van der Waals surface area contributed by atoms with Gasteiger partial charge in [0.2, 0.25) is 0 Å². The Labute approximate surface area is 109 Å². The van der Waals surface area contributed by atoms with Crippen LogP contribution in [0.5, 0.6) is 0 Å². The molecule has 0 aliphatic heterocycles. The van der Waals surface area contributed by atoms with E-state index in [0.717, 1.165) is 6.42 Å². The molecule has 0 aromatic heterocycles. The molecule has 0 N–H and O–H groups in total. The number of hydrogen-bond donors (Lipinski definition) is 0. The topological polar surface area (TPSA) is 0 Å². The van der Waals surface area contributed by atoms with Crippen LogP contribution < -0.4 is 0 Å². The maximum Gasteiger partial charge on any atom is 0.0231 e. The first-order valence-corrected chi connectivity index (χ1v) is 6.64. The van der Waals surface area contributed by atoms with Crippen molar-refractivity contribution in [2.24, 2.45) is 0 Å². The van der Waals surface area contributed by atoms with Crippen molar-refractivity contribution in [3.63, 3.8) is 0 Å². The molecule has 0 radical (unpaired) electrons. The summed E-state index contributed by atoms with van der Waals surface area (Å²) >= 11 is 5.94. The first-order chi connectivity index (χ1) is 8.06. The van der Waals surface area contributed by atoms with Crippen molar-refractivity contribution in [3.8, 4) is 0 Å². The Balaban J connectivity index is 2.70. The van der Waals surface area contributed by atoms with Crippen molar-refractivity contribution in [3.05, 3.63) is 47.5 Å². The molecule has 0 spiro atoms. The molecule has 0 atom stereocenters. The zero-order valence-electron chi connectivity index (χ0n) is 10.8. The summed E-state index contributed by atoms with van der Waals surface area (Å²) in [5.41, 5.74) is 2.93. The van der Waals surface area contributed by atoms with Crippen LogP contribution in [0.1, 0.15) is 31.4 Å². The molecule has 1 heteroatoms. The second-order valence-corrected chi connectivity index (χ2v) is 5.68. The summed E-state index contributed by atoms with van der Waals surface area (Å²) in [5, 5.41) is 2.68. The SMILES string of the molecule is Cc1ccc2ccccc2c1C(C)(C)CCCl. The van der Waals surface area contributed by atoms with Crippen molar-refractivity contribution >= 4 is 22.4 Å². The second kappa shape index (κ2) is 4.70. The lowest BCUT2D eigenvalue weighted by Crippen LogP contribution is -2.19. The molecule has 0 saturated carbocycles. The standard InChI is InChI=1S/C16H19Cl/c1-12-8-9-13-6-4-5-7-14(13)15(12)16(2,3)10-11-17/h4-9H,10-11H2,1-3H3. The molecule has 0 unspecified atom stereocenters. The lowest BCUT2D eigenvalue weighted by molar-refractivity contribution is 0.511. The number of aryl methyl sites for hydroxylation is 1. The quantitative estimate of drug-likeness (QED) is 0.665. The zero-order valence-corrected chi connectivity index (χ0v) is 11.5. The molecule has 2 aromatic rings. The van der Waals surface area contributed by atoms with Gasteiger partial charge in [0.25, 0.3) is 0 Å². The van der Waals surface area contributed by atoms with Gasteiger partial charge in [0.15, 0.2) is 0 Å². The lowest BCUT2D eigenvalue weighted by Gasteiger charge is -2.28. The van der Waals surface area contributed by atoms with Crippen molar-refractivity contribution in [1.82, 2.24) is 0 Å². The van der Waals surface area contributed by atoms with Crippen LogP contribution in [-0.2, 0) is 5.41 Å². The van der Waals surface area contributed by atoms with Crippen LogP contribution in [0.3, 0.4) is 0 Å². The van der Waals surface area contributed by atoms with Gasteiger partial charge in [-0.2, -0.15) is 0 Å². The summed E-state index contributed by atoms with van der Waals surface area (Å²) in [6.45, 7) is 6.76. The van der Waals surface area contributed by atoms with Gasteiger partial charge in [0.05, 0.1) is 0 Å². The Morgan fingerprint density at radius 1 is 1.06 bits per heavy atom. The van der Waals surface area contributed by atoms with Crippen LogP contribution in [0.2, 0.25) is 0 Å². The third-order valence-electron chi connectivity index (χ3n) is 3.53. The molecule has 0 saturated heterocycles. The fourth-order valence-electron chi connectivity index (χ4n) is 2.64. The molecule has 17 heavy (non-hydrogen) atoms. The van der Waals surface area contributed by atoms with E-state index in [1.807, 2.05) is 0 Å². The summed E-state index contributed by atoms with van der Waals surface area (Å²) in [5.74, 6) is 0.704.